The van der Waals surface area contributed by atoms with E-state index in [9.17, 15) is 13.6 Å². The molecule has 7 heteroatoms. The second-order valence-electron chi connectivity index (χ2n) is 6.22. The monoisotopic (exact) mass is 326 g/mol. The molecule has 1 aromatic rings. The predicted molar refractivity (Wildman–Crippen MR) is 78.8 cm³/mol. The lowest BCUT2D eigenvalue weighted by Crippen LogP contribution is -2.58. The minimum Gasteiger partial charge on any atom is -0.369 e. The smallest absolute Gasteiger partial charge is 0.248 e. The van der Waals surface area contributed by atoms with Crippen LogP contribution in [-0.4, -0.2) is 67.8 Å². The van der Waals surface area contributed by atoms with E-state index in [4.69, 9.17) is 9.47 Å². The summed E-state index contributed by atoms with van der Waals surface area (Å²) in [4.78, 5) is 15.3. The summed E-state index contributed by atoms with van der Waals surface area (Å²) in [5.74, 6) is -0.956. The van der Waals surface area contributed by atoms with Gasteiger partial charge in [0.15, 0.2) is 0 Å². The number of likely N-dealkylation sites (N-methyl/N-ethyl adjacent to an activating group) is 1. The molecule has 2 saturated heterocycles. The molecule has 2 fully saturated rings. The Hall–Kier alpha value is -1.57. The zero-order valence-corrected chi connectivity index (χ0v) is 13.1. The highest BCUT2D eigenvalue weighted by molar-refractivity contribution is 5.77. The van der Waals surface area contributed by atoms with Gasteiger partial charge in [-0.05, 0) is 18.2 Å². The third kappa shape index (κ3) is 3.68. The van der Waals surface area contributed by atoms with Crippen LogP contribution in [-0.2, 0) is 20.8 Å². The first-order valence-electron chi connectivity index (χ1n) is 7.59. The van der Waals surface area contributed by atoms with Gasteiger partial charge in [-0.1, -0.05) is 0 Å². The first kappa shape index (κ1) is 16.3. The number of carbonyl (C=O) groups excluding carboxylic acids is 1. The van der Waals surface area contributed by atoms with Crippen LogP contribution in [0.1, 0.15) is 5.56 Å². The molecule has 1 unspecified atom stereocenters. The molecule has 126 valence electrons. The van der Waals surface area contributed by atoms with Crippen molar-refractivity contribution in [3.63, 3.8) is 0 Å². The van der Waals surface area contributed by atoms with E-state index in [0.29, 0.717) is 45.0 Å². The van der Waals surface area contributed by atoms with Crippen LogP contribution in [0, 0.1) is 11.6 Å². The summed E-state index contributed by atoms with van der Waals surface area (Å²) in [5, 5.41) is 0. The van der Waals surface area contributed by atoms with Gasteiger partial charge < -0.3 is 14.4 Å². The molecule has 0 saturated carbocycles. The van der Waals surface area contributed by atoms with Crippen molar-refractivity contribution in [2.24, 2.45) is 0 Å². The van der Waals surface area contributed by atoms with Crippen LogP contribution in [0.25, 0.3) is 0 Å². The Morgan fingerprint density at radius 1 is 1.30 bits per heavy atom. The van der Waals surface area contributed by atoms with E-state index >= 15 is 0 Å². The number of rotatable bonds is 2. The Morgan fingerprint density at radius 3 is 2.96 bits per heavy atom. The minimum absolute atomic E-state index is 0.0418. The van der Waals surface area contributed by atoms with Gasteiger partial charge in [0.05, 0.1) is 19.8 Å². The molecule has 5 nitrogen and oxygen atoms in total. The number of hydrogen-bond donors (Lipinski definition) is 0. The second-order valence-corrected chi connectivity index (χ2v) is 6.22. The van der Waals surface area contributed by atoms with E-state index in [2.05, 4.69) is 0 Å². The second kappa shape index (κ2) is 6.51. The van der Waals surface area contributed by atoms with Crippen molar-refractivity contribution < 1.29 is 23.0 Å². The van der Waals surface area contributed by atoms with Crippen LogP contribution < -0.4 is 0 Å². The Morgan fingerprint density at radius 2 is 2.13 bits per heavy atom. The summed E-state index contributed by atoms with van der Waals surface area (Å²) in [6, 6.07) is 3.47. The highest BCUT2D eigenvalue weighted by atomic mass is 19.1. The van der Waals surface area contributed by atoms with E-state index < -0.39 is 17.2 Å². The lowest BCUT2D eigenvalue weighted by molar-refractivity contribution is -0.143. The van der Waals surface area contributed by atoms with Gasteiger partial charge in [0, 0.05) is 32.2 Å². The number of ether oxygens (including phenoxy) is 2. The average molecular weight is 326 g/mol. The van der Waals surface area contributed by atoms with Gasteiger partial charge in [0.25, 0.3) is 0 Å². The van der Waals surface area contributed by atoms with E-state index in [-0.39, 0.29) is 12.5 Å². The quantitative estimate of drug-likeness (QED) is 0.814. The van der Waals surface area contributed by atoms with Gasteiger partial charge in [-0.15, -0.1) is 0 Å². The molecule has 1 atom stereocenters. The summed E-state index contributed by atoms with van der Waals surface area (Å²) in [6.45, 7) is 2.66. The number of halogens is 2. The third-order valence-corrected chi connectivity index (χ3v) is 4.27. The van der Waals surface area contributed by atoms with E-state index in [0.717, 1.165) is 12.1 Å². The minimum atomic E-state index is -0.622. The molecule has 1 spiro atoms. The molecule has 23 heavy (non-hydrogen) atoms. The molecule has 0 aromatic heterocycles. The molecule has 2 aliphatic rings. The molecular formula is C16H20F2N2O3. The predicted octanol–water partition coefficient (Wildman–Crippen LogP) is 1.02. The van der Waals surface area contributed by atoms with Crippen LogP contribution in [0.3, 0.4) is 0 Å². The van der Waals surface area contributed by atoms with E-state index in [1.807, 2.05) is 4.90 Å². The Labute approximate surface area is 133 Å². The fraction of sp³-hybridized carbons (Fsp3) is 0.562. The number of nitrogens with zero attached hydrogens (tertiary/aromatic N) is 2. The summed E-state index contributed by atoms with van der Waals surface area (Å²) >= 11 is 0. The molecule has 1 amide bonds. The van der Waals surface area contributed by atoms with Crippen LogP contribution in [0.4, 0.5) is 8.78 Å². The number of morpholine rings is 1. The van der Waals surface area contributed by atoms with Gasteiger partial charge in [-0.25, -0.2) is 8.78 Å². The summed E-state index contributed by atoms with van der Waals surface area (Å²) in [5.41, 5.74) is -0.302. The van der Waals surface area contributed by atoms with Crippen molar-refractivity contribution in [2.75, 3.05) is 46.5 Å². The fourth-order valence-corrected chi connectivity index (χ4v) is 3.15. The molecule has 3 rings (SSSR count). The normalized spacial score (nSPS) is 26.6. The maximum absolute atomic E-state index is 13.8. The SMILES string of the molecule is CN1CC2(COCC1=O)CN(Cc1cc(F)ccc1F)CCO2. The third-order valence-electron chi connectivity index (χ3n) is 4.27. The summed E-state index contributed by atoms with van der Waals surface area (Å²) < 4.78 is 38.5. The first-order valence-corrected chi connectivity index (χ1v) is 7.59. The topological polar surface area (TPSA) is 42.0 Å². The van der Waals surface area contributed by atoms with Crippen molar-refractivity contribution in [1.29, 1.82) is 0 Å². The molecule has 1 aromatic carbocycles. The van der Waals surface area contributed by atoms with Crippen LogP contribution in [0.2, 0.25) is 0 Å². The molecule has 2 heterocycles. The number of hydrogen-bond acceptors (Lipinski definition) is 4. The lowest BCUT2D eigenvalue weighted by Gasteiger charge is -2.42. The number of amides is 1. The Kier molecular flexibility index (Phi) is 4.61. The maximum atomic E-state index is 13.8. The Bertz CT molecular complexity index is 599. The molecule has 0 radical (unpaired) electrons. The molecule has 2 aliphatic heterocycles. The van der Waals surface area contributed by atoms with Crippen molar-refractivity contribution in [3.05, 3.63) is 35.4 Å². The van der Waals surface area contributed by atoms with Crippen LogP contribution in [0.15, 0.2) is 18.2 Å². The van der Waals surface area contributed by atoms with Gasteiger partial charge in [0.2, 0.25) is 5.91 Å². The van der Waals surface area contributed by atoms with Gasteiger partial charge >= 0.3 is 0 Å². The largest absolute Gasteiger partial charge is 0.369 e. The van der Waals surface area contributed by atoms with E-state index in [1.54, 1.807) is 11.9 Å². The fourth-order valence-electron chi connectivity index (χ4n) is 3.15. The standard InChI is InChI=1S/C16H20F2N2O3/c1-19-9-16(11-22-8-15(19)21)10-20(4-5-23-16)7-12-6-13(17)2-3-14(12)18/h2-3,6H,4-5,7-11H2,1H3. The van der Waals surface area contributed by atoms with Gasteiger partial charge in [0.1, 0.15) is 23.8 Å². The summed E-state index contributed by atoms with van der Waals surface area (Å²) in [6.07, 6.45) is 0. The highest BCUT2D eigenvalue weighted by Gasteiger charge is 2.41. The van der Waals surface area contributed by atoms with Crippen LogP contribution >= 0.6 is 0 Å². The van der Waals surface area contributed by atoms with Crippen molar-refractivity contribution in [3.8, 4) is 0 Å². The van der Waals surface area contributed by atoms with Crippen molar-refractivity contribution >= 4 is 5.91 Å². The Balaban J connectivity index is 1.72. The maximum Gasteiger partial charge on any atom is 0.248 e. The number of benzene rings is 1. The van der Waals surface area contributed by atoms with E-state index in [1.165, 1.54) is 6.07 Å². The lowest BCUT2D eigenvalue weighted by atomic mass is 10.0. The van der Waals surface area contributed by atoms with Gasteiger partial charge in [-0.2, -0.15) is 0 Å². The van der Waals surface area contributed by atoms with Gasteiger partial charge in [-0.3, -0.25) is 9.69 Å². The van der Waals surface area contributed by atoms with Crippen molar-refractivity contribution in [1.82, 2.24) is 9.80 Å². The van der Waals surface area contributed by atoms with Crippen LogP contribution in [0.5, 0.6) is 0 Å². The zero-order chi connectivity index (χ0) is 16.4. The molecule has 0 bridgehead atoms. The molecular weight excluding hydrogens is 306 g/mol. The highest BCUT2D eigenvalue weighted by Crippen LogP contribution is 2.24. The zero-order valence-electron chi connectivity index (χ0n) is 13.1. The molecule has 0 N–H and O–H groups in total. The number of carbonyl (C=O) groups is 1. The summed E-state index contributed by atoms with van der Waals surface area (Å²) in [7, 11) is 1.72. The van der Waals surface area contributed by atoms with Crippen molar-refractivity contribution in [2.45, 2.75) is 12.1 Å². The first-order chi connectivity index (χ1) is 11.0. The molecule has 0 aliphatic carbocycles. The average Bonchev–Trinajstić information content (AvgIpc) is 2.63.